The quantitative estimate of drug-likeness (QED) is 0.760. The Morgan fingerprint density at radius 1 is 1.32 bits per heavy atom. The van der Waals surface area contributed by atoms with E-state index >= 15 is 0 Å². The highest BCUT2D eigenvalue weighted by Crippen LogP contribution is 2.17. The van der Waals surface area contributed by atoms with E-state index in [1.54, 1.807) is 0 Å². The molecule has 0 saturated carbocycles. The molecule has 1 aromatic heterocycles. The Morgan fingerprint density at radius 3 is 2.84 bits per heavy atom. The molecule has 3 heterocycles. The molecule has 7 nitrogen and oxygen atoms in total. The number of aryl methyl sites for hydroxylation is 1. The van der Waals surface area contributed by atoms with Crippen molar-refractivity contribution in [3.05, 3.63) is 18.2 Å². The highest BCUT2D eigenvalue weighted by molar-refractivity contribution is 5.74. The molecule has 0 aromatic carbocycles. The maximum absolute atomic E-state index is 12.3. The van der Waals surface area contributed by atoms with Crippen LogP contribution in [0.15, 0.2) is 12.4 Å². The van der Waals surface area contributed by atoms with Crippen LogP contribution in [0.3, 0.4) is 0 Å². The summed E-state index contributed by atoms with van der Waals surface area (Å²) in [5.41, 5.74) is 0. The Bertz CT molecular complexity index is 533. The maximum Gasteiger partial charge on any atom is 0.317 e. The van der Waals surface area contributed by atoms with E-state index in [-0.39, 0.29) is 6.03 Å². The third kappa shape index (κ3) is 5.44. The van der Waals surface area contributed by atoms with Crippen LogP contribution in [0, 0.1) is 0 Å². The van der Waals surface area contributed by atoms with E-state index in [1.165, 1.54) is 12.8 Å². The van der Waals surface area contributed by atoms with Gasteiger partial charge in [-0.2, -0.15) is 0 Å². The zero-order valence-electron chi connectivity index (χ0n) is 15.3. The van der Waals surface area contributed by atoms with Crippen LogP contribution in [-0.4, -0.2) is 70.8 Å². The van der Waals surface area contributed by atoms with Gasteiger partial charge in [-0.15, -0.1) is 0 Å². The van der Waals surface area contributed by atoms with Crippen molar-refractivity contribution in [2.24, 2.45) is 7.05 Å². The van der Waals surface area contributed by atoms with Crippen LogP contribution >= 0.6 is 0 Å². The Morgan fingerprint density at radius 2 is 2.16 bits per heavy atom. The number of aromatic nitrogens is 2. The largest absolute Gasteiger partial charge is 0.378 e. The molecule has 1 atom stereocenters. The van der Waals surface area contributed by atoms with Crippen molar-refractivity contribution in [1.29, 1.82) is 0 Å². The summed E-state index contributed by atoms with van der Waals surface area (Å²) in [6.45, 7) is 5.91. The molecule has 0 aliphatic carbocycles. The van der Waals surface area contributed by atoms with E-state index in [1.807, 2.05) is 24.3 Å². The summed E-state index contributed by atoms with van der Waals surface area (Å²) < 4.78 is 7.68. The highest BCUT2D eigenvalue weighted by atomic mass is 16.5. The van der Waals surface area contributed by atoms with Gasteiger partial charge in [-0.05, 0) is 32.1 Å². The number of hydrogen-bond acceptors (Lipinski definition) is 4. The van der Waals surface area contributed by atoms with Crippen LogP contribution in [0.1, 0.15) is 37.9 Å². The Balaban J connectivity index is 1.27. The van der Waals surface area contributed by atoms with Gasteiger partial charge < -0.3 is 19.5 Å². The van der Waals surface area contributed by atoms with Gasteiger partial charge in [0.15, 0.2) is 0 Å². The minimum atomic E-state index is 0.0776. The van der Waals surface area contributed by atoms with Crippen molar-refractivity contribution < 1.29 is 9.53 Å². The van der Waals surface area contributed by atoms with Gasteiger partial charge in [-0.1, -0.05) is 0 Å². The molecule has 0 spiro atoms. The third-order valence-electron chi connectivity index (χ3n) is 5.20. The van der Waals surface area contributed by atoms with Crippen LogP contribution in [0.2, 0.25) is 0 Å². The summed E-state index contributed by atoms with van der Waals surface area (Å²) in [7, 11) is 2.02. The second-order valence-electron chi connectivity index (χ2n) is 7.08. The summed E-state index contributed by atoms with van der Waals surface area (Å²) in [4.78, 5) is 20.9. The first-order valence-corrected chi connectivity index (χ1v) is 9.55. The topological polar surface area (TPSA) is 62.6 Å². The predicted molar refractivity (Wildman–Crippen MR) is 96.3 cm³/mol. The fourth-order valence-corrected chi connectivity index (χ4v) is 3.53. The molecular weight excluding hydrogens is 318 g/mol. The van der Waals surface area contributed by atoms with E-state index in [2.05, 4.69) is 19.8 Å². The minimum Gasteiger partial charge on any atom is -0.378 e. The molecule has 0 radical (unpaired) electrons. The number of piperazine rings is 1. The van der Waals surface area contributed by atoms with E-state index < -0.39 is 0 Å². The average Bonchev–Trinajstić information content (AvgIpc) is 3.27. The fourth-order valence-electron chi connectivity index (χ4n) is 3.53. The number of imidazole rings is 1. The molecule has 2 fully saturated rings. The first-order chi connectivity index (χ1) is 12.2. The van der Waals surface area contributed by atoms with E-state index in [9.17, 15) is 4.79 Å². The van der Waals surface area contributed by atoms with Crippen LogP contribution < -0.4 is 5.32 Å². The molecule has 7 heteroatoms. The van der Waals surface area contributed by atoms with Crippen molar-refractivity contribution in [1.82, 2.24) is 24.7 Å². The van der Waals surface area contributed by atoms with Gasteiger partial charge in [-0.3, -0.25) is 4.90 Å². The van der Waals surface area contributed by atoms with E-state index in [0.29, 0.717) is 6.10 Å². The lowest BCUT2D eigenvalue weighted by Crippen LogP contribution is -2.51. The number of carbonyl (C=O) groups excluding carboxylic acids is 1. The van der Waals surface area contributed by atoms with Gasteiger partial charge in [0.1, 0.15) is 5.82 Å². The smallest absolute Gasteiger partial charge is 0.317 e. The summed E-state index contributed by atoms with van der Waals surface area (Å²) in [6, 6.07) is 0.0776. The zero-order chi connectivity index (χ0) is 17.5. The molecule has 2 aliphatic rings. The van der Waals surface area contributed by atoms with Crippen molar-refractivity contribution in [2.45, 2.75) is 44.8 Å². The van der Waals surface area contributed by atoms with E-state index in [4.69, 9.17) is 4.74 Å². The second kappa shape index (κ2) is 9.20. The monoisotopic (exact) mass is 349 g/mol. The molecule has 2 amide bonds. The number of urea groups is 1. The Kier molecular flexibility index (Phi) is 6.69. The molecule has 140 valence electrons. The summed E-state index contributed by atoms with van der Waals surface area (Å²) in [5.74, 6) is 1.07. The summed E-state index contributed by atoms with van der Waals surface area (Å²) in [5, 5.41) is 3.06. The number of carbonyl (C=O) groups is 1. The van der Waals surface area contributed by atoms with Crippen molar-refractivity contribution in [3.8, 4) is 0 Å². The van der Waals surface area contributed by atoms with Crippen LogP contribution in [0.5, 0.6) is 0 Å². The first kappa shape index (κ1) is 18.2. The summed E-state index contributed by atoms with van der Waals surface area (Å²) in [6.07, 6.45) is 9.95. The van der Waals surface area contributed by atoms with Crippen molar-refractivity contribution in [2.75, 3.05) is 39.3 Å². The van der Waals surface area contributed by atoms with Gasteiger partial charge in [0.25, 0.3) is 0 Å². The lowest BCUT2D eigenvalue weighted by Gasteiger charge is -2.34. The standard InChI is InChI=1S/C18H31N5O2/c1-21-9-8-19-17(21)15-22-10-12-23(13-11-22)18(24)20-7-3-2-5-16-6-4-14-25-16/h8-9,16H,2-7,10-15H2,1H3,(H,20,24)/t16-/m1/s1. The number of nitrogens with one attached hydrogen (secondary N) is 1. The molecule has 2 aliphatic heterocycles. The number of hydrogen-bond donors (Lipinski definition) is 1. The maximum atomic E-state index is 12.3. The molecule has 3 rings (SSSR count). The molecular formula is C18H31N5O2. The van der Waals surface area contributed by atoms with Crippen LogP contribution in [-0.2, 0) is 18.3 Å². The number of amides is 2. The van der Waals surface area contributed by atoms with Crippen LogP contribution in [0.4, 0.5) is 4.79 Å². The fraction of sp³-hybridized carbons (Fsp3) is 0.778. The van der Waals surface area contributed by atoms with Gasteiger partial charge >= 0.3 is 6.03 Å². The molecule has 0 bridgehead atoms. The number of rotatable bonds is 7. The van der Waals surface area contributed by atoms with Gasteiger partial charge in [0, 0.05) is 58.8 Å². The molecule has 0 unspecified atom stereocenters. The van der Waals surface area contributed by atoms with Crippen molar-refractivity contribution >= 4 is 6.03 Å². The molecule has 1 aromatic rings. The molecule has 25 heavy (non-hydrogen) atoms. The third-order valence-corrected chi connectivity index (χ3v) is 5.20. The average molecular weight is 349 g/mol. The highest BCUT2D eigenvalue weighted by Gasteiger charge is 2.21. The van der Waals surface area contributed by atoms with Gasteiger partial charge in [-0.25, -0.2) is 9.78 Å². The van der Waals surface area contributed by atoms with Crippen LogP contribution in [0.25, 0.3) is 0 Å². The number of ether oxygens (including phenoxy) is 1. The molecule has 2 saturated heterocycles. The normalized spacial score (nSPS) is 21.6. The van der Waals surface area contributed by atoms with Gasteiger partial charge in [0.05, 0.1) is 12.6 Å². The lowest BCUT2D eigenvalue weighted by molar-refractivity contribution is 0.102. The Labute approximate surface area is 150 Å². The predicted octanol–water partition coefficient (Wildman–Crippen LogP) is 1.60. The van der Waals surface area contributed by atoms with E-state index in [0.717, 1.165) is 71.0 Å². The first-order valence-electron chi connectivity index (χ1n) is 9.55. The zero-order valence-corrected chi connectivity index (χ0v) is 15.3. The SMILES string of the molecule is Cn1ccnc1CN1CCN(C(=O)NCCCC[C@@H]2CCCO2)CC1. The minimum absolute atomic E-state index is 0.0776. The van der Waals surface area contributed by atoms with Crippen molar-refractivity contribution in [3.63, 3.8) is 0 Å². The Hall–Kier alpha value is -1.60. The second-order valence-corrected chi connectivity index (χ2v) is 7.08. The molecule has 1 N–H and O–H groups in total. The van der Waals surface area contributed by atoms with Gasteiger partial charge in [0.2, 0.25) is 0 Å². The number of unbranched alkanes of at least 4 members (excludes halogenated alkanes) is 1. The lowest BCUT2D eigenvalue weighted by atomic mass is 10.1. The summed E-state index contributed by atoms with van der Waals surface area (Å²) >= 11 is 0. The number of nitrogens with zero attached hydrogens (tertiary/aromatic N) is 4.